The van der Waals surface area contributed by atoms with Gasteiger partial charge in [0.2, 0.25) is 0 Å². The molecule has 2 N–H and O–H groups in total. The van der Waals surface area contributed by atoms with E-state index in [1.165, 1.54) is 0 Å². The number of carbonyl (C=O) groups excluding carboxylic acids is 1. The van der Waals surface area contributed by atoms with Crippen LogP contribution in [-0.4, -0.2) is 30.3 Å². The Morgan fingerprint density at radius 3 is 2.65 bits per heavy atom. The predicted molar refractivity (Wildman–Crippen MR) is 99.8 cm³/mol. The number of rotatable bonds is 6. The lowest BCUT2D eigenvalue weighted by Crippen LogP contribution is -2.41. The first-order valence-corrected chi connectivity index (χ1v) is 8.83. The van der Waals surface area contributed by atoms with Gasteiger partial charge in [-0.1, -0.05) is 18.2 Å². The Hall–Kier alpha value is -2.53. The number of aliphatic hydroxyl groups excluding tert-OH is 1. The van der Waals surface area contributed by atoms with Crippen LogP contribution >= 0.6 is 0 Å². The first-order chi connectivity index (χ1) is 12.5. The number of methoxy groups -OCH3 is 1. The van der Waals surface area contributed by atoms with Crippen molar-refractivity contribution < 1.29 is 19.4 Å². The molecule has 1 heterocycles. The van der Waals surface area contributed by atoms with Crippen molar-refractivity contribution in [3.05, 3.63) is 59.2 Å². The summed E-state index contributed by atoms with van der Waals surface area (Å²) in [6, 6.07) is 12.8. The topological polar surface area (TPSA) is 67.8 Å². The molecule has 0 saturated carbocycles. The number of aliphatic hydroxyl groups is 1. The van der Waals surface area contributed by atoms with E-state index in [1.54, 1.807) is 19.2 Å². The summed E-state index contributed by atoms with van der Waals surface area (Å²) in [6.07, 6.45) is 1.41. The first kappa shape index (κ1) is 18.3. The van der Waals surface area contributed by atoms with Gasteiger partial charge < -0.3 is 19.9 Å². The first-order valence-electron chi connectivity index (χ1n) is 8.83. The normalized spacial score (nSPS) is 17.3. The van der Waals surface area contributed by atoms with Crippen LogP contribution in [0.1, 0.15) is 47.8 Å². The highest BCUT2D eigenvalue weighted by molar-refractivity contribution is 5.94. The molecule has 1 aliphatic heterocycles. The van der Waals surface area contributed by atoms with Gasteiger partial charge in [0, 0.05) is 17.7 Å². The summed E-state index contributed by atoms with van der Waals surface area (Å²) in [7, 11) is 1.61. The summed E-state index contributed by atoms with van der Waals surface area (Å²) in [5.41, 5.74) is 1.97. The van der Waals surface area contributed by atoms with Crippen molar-refractivity contribution in [2.24, 2.45) is 0 Å². The predicted octanol–water partition coefficient (Wildman–Crippen LogP) is 3.26. The van der Waals surface area contributed by atoms with E-state index >= 15 is 0 Å². The van der Waals surface area contributed by atoms with E-state index in [2.05, 4.69) is 5.32 Å². The molecule has 5 heteroatoms. The fourth-order valence-electron chi connectivity index (χ4n) is 3.34. The number of carbonyl (C=O) groups is 1. The number of nitrogens with one attached hydrogen (secondary N) is 1. The highest BCUT2D eigenvalue weighted by Gasteiger charge is 2.44. The minimum atomic E-state index is -0.602. The standard InChI is InChI=1S/C21H25NO4/c1-21(2)19(22-20(24)15-9-5-4-6-10-15)16-12-14(8-7-11-23)13-17(25-3)18(16)26-21/h4-6,9-10,12-13,19,23H,7-8,11H2,1-3H3,(H,22,24). The van der Waals surface area contributed by atoms with E-state index in [4.69, 9.17) is 14.6 Å². The van der Waals surface area contributed by atoms with Crippen molar-refractivity contribution in [2.45, 2.75) is 38.3 Å². The zero-order valence-corrected chi connectivity index (χ0v) is 15.4. The maximum atomic E-state index is 12.7. The second-order valence-electron chi connectivity index (χ2n) is 7.02. The molecular weight excluding hydrogens is 330 g/mol. The summed E-state index contributed by atoms with van der Waals surface area (Å²) in [5, 5.41) is 12.2. The smallest absolute Gasteiger partial charge is 0.251 e. The largest absolute Gasteiger partial charge is 0.493 e. The molecule has 2 aromatic rings. The molecule has 0 saturated heterocycles. The van der Waals surface area contributed by atoms with E-state index in [1.807, 2.05) is 44.2 Å². The van der Waals surface area contributed by atoms with E-state index in [-0.39, 0.29) is 18.6 Å². The average Bonchev–Trinajstić information content (AvgIpc) is 2.90. The molecule has 0 fully saturated rings. The molecule has 5 nitrogen and oxygen atoms in total. The SMILES string of the molecule is COc1cc(CCCO)cc2c1OC(C)(C)C2NC(=O)c1ccccc1. The van der Waals surface area contributed by atoms with Gasteiger partial charge in [-0.15, -0.1) is 0 Å². The summed E-state index contributed by atoms with van der Waals surface area (Å²) in [6.45, 7) is 4.04. The van der Waals surface area contributed by atoms with Crippen molar-refractivity contribution in [1.82, 2.24) is 5.32 Å². The monoisotopic (exact) mass is 355 g/mol. The fourth-order valence-corrected chi connectivity index (χ4v) is 3.34. The van der Waals surface area contributed by atoms with Gasteiger partial charge in [0.25, 0.3) is 5.91 Å². The molecule has 1 amide bonds. The van der Waals surface area contributed by atoms with Crippen LogP contribution in [0.4, 0.5) is 0 Å². The van der Waals surface area contributed by atoms with Crippen molar-refractivity contribution >= 4 is 5.91 Å². The number of ether oxygens (including phenoxy) is 2. The van der Waals surface area contributed by atoms with Crippen LogP contribution in [0, 0.1) is 0 Å². The Bertz CT molecular complexity index is 786. The van der Waals surface area contributed by atoms with Crippen LogP contribution in [0.2, 0.25) is 0 Å². The van der Waals surface area contributed by atoms with Crippen LogP contribution in [-0.2, 0) is 6.42 Å². The second kappa shape index (κ2) is 7.38. The third-order valence-corrected chi connectivity index (χ3v) is 4.67. The molecule has 0 spiro atoms. The Kier molecular flexibility index (Phi) is 5.18. The van der Waals surface area contributed by atoms with Gasteiger partial charge >= 0.3 is 0 Å². The highest BCUT2D eigenvalue weighted by atomic mass is 16.5. The van der Waals surface area contributed by atoms with Crippen molar-refractivity contribution in [2.75, 3.05) is 13.7 Å². The third kappa shape index (κ3) is 3.53. The molecule has 26 heavy (non-hydrogen) atoms. The quantitative estimate of drug-likeness (QED) is 0.835. The summed E-state index contributed by atoms with van der Waals surface area (Å²) < 4.78 is 11.6. The molecule has 1 unspecified atom stereocenters. The molecule has 0 bridgehead atoms. The van der Waals surface area contributed by atoms with Crippen molar-refractivity contribution in [3.8, 4) is 11.5 Å². The lowest BCUT2D eigenvalue weighted by atomic mass is 9.92. The Labute approximate surface area is 153 Å². The van der Waals surface area contributed by atoms with Gasteiger partial charge in [-0.2, -0.15) is 0 Å². The summed E-state index contributed by atoms with van der Waals surface area (Å²) >= 11 is 0. The third-order valence-electron chi connectivity index (χ3n) is 4.67. The van der Waals surface area contributed by atoms with Crippen LogP contribution in [0.25, 0.3) is 0 Å². The summed E-state index contributed by atoms with van der Waals surface area (Å²) in [5.74, 6) is 1.18. The maximum absolute atomic E-state index is 12.7. The van der Waals surface area contributed by atoms with Crippen molar-refractivity contribution in [3.63, 3.8) is 0 Å². The van der Waals surface area contributed by atoms with E-state index < -0.39 is 5.60 Å². The number of benzene rings is 2. The van der Waals surface area contributed by atoms with Crippen molar-refractivity contribution in [1.29, 1.82) is 0 Å². The Morgan fingerprint density at radius 2 is 2.00 bits per heavy atom. The highest BCUT2D eigenvalue weighted by Crippen LogP contribution is 2.48. The molecule has 3 rings (SSSR count). The number of hydrogen-bond acceptors (Lipinski definition) is 4. The molecule has 1 aliphatic rings. The number of amides is 1. The van der Waals surface area contributed by atoms with Gasteiger partial charge in [0.05, 0.1) is 13.2 Å². The second-order valence-corrected chi connectivity index (χ2v) is 7.02. The van der Waals surface area contributed by atoms with Gasteiger partial charge in [-0.05, 0) is 56.5 Å². The minimum absolute atomic E-state index is 0.134. The van der Waals surface area contributed by atoms with Crippen LogP contribution in [0.15, 0.2) is 42.5 Å². The lowest BCUT2D eigenvalue weighted by molar-refractivity contribution is 0.0740. The zero-order valence-electron chi connectivity index (χ0n) is 15.4. The van der Waals surface area contributed by atoms with Gasteiger partial charge in [-0.3, -0.25) is 4.79 Å². The lowest BCUT2D eigenvalue weighted by Gasteiger charge is -2.27. The molecule has 1 atom stereocenters. The van der Waals surface area contributed by atoms with Crippen LogP contribution in [0.3, 0.4) is 0 Å². The maximum Gasteiger partial charge on any atom is 0.251 e. The molecule has 0 aliphatic carbocycles. The number of fused-ring (bicyclic) bond motifs is 1. The van der Waals surface area contributed by atoms with Gasteiger partial charge in [0.15, 0.2) is 11.5 Å². The van der Waals surface area contributed by atoms with Crippen LogP contribution < -0.4 is 14.8 Å². The Balaban J connectivity index is 1.95. The molecule has 0 radical (unpaired) electrons. The summed E-state index contributed by atoms with van der Waals surface area (Å²) in [4.78, 5) is 12.7. The number of hydrogen-bond donors (Lipinski definition) is 2. The fraction of sp³-hybridized carbons (Fsp3) is 0.381. The zero-order chi connectivity index (χ0) is 18.7. The molecule has 138 valence electrons. The van der Waals surface area contributed by atoms with E-state index in [0.717, 1.165) is 17.5 Å². The van der Waals surface area contributed by atoms with E-state index in [9.17, 15) is 4.79 Å². The molecule has 2 aromatic carbocycles. The minimum Gasteiger partial charge on any atom is -0.493 e. The molecular formula is C21H25NO4. The van der Waals surface area contributed by atoms with Gasteiger partial charge in [0.1, 0.15) is 5.60 Å². The van der Waals surface area contributed by atoms with Crippen LogP contribution in [0.5, 0.6) is 11.5 Å². The number of aryl methyl sites for hydroxylation is 1. The van der Waals surface area contributed by atoms with Gasteiger partial charge in [-0.25, -0.2) is 0 Å². The molecule has 0 aromatic heterocycles. The van der Waals surface area contributed by atoms with E-state index in [0.29, 0.717) is 23.5 Å². The Morgan fingerprint density at radius 1 is 1.27 bits per heavy atom. The average molecular weight is 355 g/mol.